The summed E-state index contributed by atoms with van der Waals surface area (Å²) in [4.78, 5) is 11.2. The van der Waals surface area contributed by atoms with Crippen molar-refractivity contribution < 1.29 is 20.3 Å². The highest BCUT2D eigenvalue weighted by molar-refractivity contribution is 5.69. The monoisotopic (exact) mass is 289 g/mol. The number of rotatable bonds is 7. The summed E-state index contributed by atoms with van der Waals surface area (Å²) < 4.78 is 0. The molecule has 2 atom stereocenters. The Balaban J connectivity index is 2.60. The van der Waals surface area contributed by atoms with E-state index in [0.29, 0.717) is 6.42 Å². The number of benzene rings is 1. The van der Waals surface area contributed by atoms with Gasteiger partial charge in [0.15, 0.2) is 5.60 Å². The molecule has 0 radical (unpaired) electrons. The molecule has 1 rings (SSSR count). The molecule has 4 heteroatoms. The maximum Gasteiger partial charge on any atom is 0.171 e. The van der Waals surface area contributed by atoms with E-state index >= 15 is 0 Å². The molecule has 4 nitrogen and oxygen atoms in total. The number of nitrogens with two attached hydrogens (primary N) is 1. The molecule has 0 unspecified atom stereocenters. The molecule has 0 amide bonds. The van der Waals surface area contributed by atoms with Crippen LogP contribution in [0.4, 0.5) is 0 Å². The van der Waals surface area contributed by atoms with Crippen molar-refractivity contribution in [3.63, 3.8) is 0 Å². The van der Waals surface area contributed by atoms with Crippen LogP contribution < -0.4 is 10.4 Å². The minimum Gasteiger partial charge on any atom is -0.544 e. The Morgan fingerprint density at radius 3 is 2.67 bits per heavy atom. The smallest absolute Gasteiger partial charge is 0.171 e. The molecule has 21 heavy (non-hydrogen) atoms. The van der Waals surface area contributed by atoms with Crippen LogP contribution in [0.25, 0.3) is 0 Å². The molecular weight excluding hydrogens is 266 g/mol. The van der Waals surface area contributed by atoms with E-state index in [-0.39, 0.29) is 6.54 Å². The van der Waals surface area contributed by atoms with Crippen LogP contribution in [0.5, 0.6) is 0 Å². The molecule has 0 aliphatic heterocycles. The number of carbonyl (C=O) groups is 1. The van der Waals surface area contributed by atoms with Gasteiger partial charge < -0.3 is 20.3 Å². The highest BCUT2D eigenvalue weighted by Gasteiger charge is 2.23. The second-order valence-corrected chi connectivity index (χ2v) is 5.38. The van der Waals surface area contributed by atoms with Gasteiger partial charge in [-0.05, 0) is 18.9 Å². The first kappa shape index (κ1) is 17.2. The third-order valence-electron chi connectivity index (χ3n) is 3.13. The van der Waals surface area contributed by atoms with Gasteiger partial charge in [0, 0.05) is 12.8 Å². The van der Waals surface area contributed by atoms with Gasteiger partial charge in [0.1, 0.15) is 12.6 Å². The molecule has 3 N–H and O–H groups in total. The van der Waals surface area contributed by atoms with Gasteiger partial charge >= 0.3 is 0 Å². The van der Waals surface area contributed by atoms with E-state index in [4.69, 9.17) is 0 Å². The number of hydrogen-bond donors (Lipinski definition) is 2. The van der Waals surface area contributed by atoms with E-state index in [0.717, 1.165) is 18.4 Å². The first-order chi connectivity index (χ1) is 9.94. The van der Waals surface area contributed by atoms with Crippen molar-refractivity contribution in [3.8, 4) is 11.8 Å². The molecule has 0 saturated heterocycles. The summed E-state index contributed by atoms with van der Waals surface area (Å²) in [6.07, 6.45) is 2.02. The van der Waals surface area contributed by atoms with Crippen molar-refractivity contribution in [1.82, 2.24) is 0 Å². The van der Waals surface area contributed by atoms with Gasteiger partial charge in [-0.15, -0.1) is 5.92 Å². The van der Waals surface area contributed by atoms with E-state index < -0.39 is 17.6 Å². The fraction of sp³-hybridized carbons (Fsp3) is 0.471. The number of carboxylic acid groups (broad SMARTS) is 1. The highest BCUT2D eigenvalue weighted by atomic mass is 16.4. The Morgan fingerprint density at radius 2 is 2.10 bits per heavy atom. The van der Waals surface area contributed by atoms with Crippen molar-refractivity contribution >= 4 is 5.97 Å². The number of carbonyl (C=O) groups excluding carboxylic acids is 1. The summed E-state index contributed by atoms with van der Waals surface area (Å²) in [5, 5.41) is 22.9. The molecule has 114 valence electrons. The molecular formula is C17H23NO3. The maximum absolute atomic E-state index is 11.2. The maximum atomic E-state index is 11.2. The Kier molecular flexibility index (Phi) is 6.93. The van der Waals surface area contributed by atoms with Gasteiger partial charge in [-0.2, -0.15) is 0 Å². The van der Waals surface area contributed by atoms with Crippen molar-refractivity contribution in [1.29, 1.82) is 0 Å². The van der Waals surface area contributed by atoms with Crippen LogP contribution in [-0.4, -0.2) is 29.3 Å². The predicted molar refractivity (Wildman–Crippen MR) is 79.0 cm³/mol. The van der Waals surface area contributed by atoms with E-state index in [1.807, 2.05) is 37.3 Å². The standard InChI is InChI=1S/C17H23NO3/c1-3-4-8-11-17(2,21)13-18-15(16(19)20)12-14-9-6-5-7-10-14/h5-7,9-10,15,18,21H,3-4,12-13H2,1-2H3,(H,19,20)/t15-,17-/m0/s1. The van der Waals surface area contributed by atoms with Crippen LogP contribution in [0.15, 0.2) is 30.3 Å². The Hall–Kier alpha value is -1.83. The summed E-state index contributed by atoms with van der Waals surface area (Å²) in [6.45, 7) is 3.82. The van der Waals surface area contributed by atoms with Gasteiger partial charge in [-0.25, -0.2) is 0 Å². The second kappa shape index (κ2) is 8.46. The average Bonchev–Trinajstić information content (AvgIpc) is 2.44. The lowest BCUT2D eigenvalue weighted by Crippen LogP contribution is -2.96. The van der Waals surface area contributed by atoms with Crippen LogP contribution >= 0.6 is 0 Å². The van der Waals surface area contributed by atoms with Crippen LogP contribution in [0, 0.1) is 11.8 Å². The molecule has 1 aromatic rings. The van der Waals surface area contributed by atoms with E-state index in [9.17, 15) is 15.0 Å². The number of aliphatic hydroxyl groups is 1. The van der Waals surface area contributed by atoms with Crippen molar-refractivity contribution in [3.05, 3.63) is 35.9 Å². The van der Waals surface area contributed by atoms with E-state index in [2.05, 4.69) is 11.8 Å². The highest BCUT2D eigenvalue weighted by Crippen LogP contribution is 2.02. The lowest BCUT2D eigenvalue weighted by Gasteiger charge is -2.21. The Morgan fingerprint density at radius 1 is 1.43 bits per heavy atom. The first-order valence-electron chi connectivity index (χ1n) is 7.25. The van der Waals surface area contributed by atoms with E-state index in [1.165, 1.54) is 0 Å². The molecule has 0 fully saturated rings. The van der Waals surface area contributed by atoms with Crippen LogP contribution in [0.1, 0.15) is 32.3 Å². The minimum atomic E-state index is -1.19. The number of hydrogen-bond acceptors (Lipinski definition) is 3. The summed E-state index contributed by atoms with van der Waals surface area (Å²) in [7, 11) is 0. The van der Waals surface area contributed by atoms with Crippen LogP contribution in [-0.2, 0) is 11.2 Å². The fourth-order valence-electron chi connectivity index (χ4n) is 1.93. The number of quaternary nitrogens is 1. The van der Waals surface area contributed by atoms with E-state index in [1.54, 1.807) is 12.2 Å². The molecule has 0 aliphatic rings. The molecule has 0 aliphatic carbocycles. The summed E-state index contributed by atoms with van der Waals surface area (Å²) in [6, 6.07) is 8.65. The average molecular weight is 289 g/mol. The molecule has 0 bridgehead atoms. The summed E-state index contributed by atoms with van der Waals surface area (Å²) in [5.74, 6) is 4.55. The molecule has 0 aromatic heterocycles. The molecule has 0 heterocycles. The van der Waals surface area contributed by atoms with Crippen LogP contribution in [0.2, 0.25) is 0 Å². The second-order valence-electron chi connectivity index (χ2n) is 5.38. The topological polar surface area (TPSA) is 77.0 Å². The number of carboxylic acids is 1. The SMILES string of the molecule is CCCC#C[C@](C)(O)C[NH2+][C@@H](Cc1ccccc1)C(=O)[O-]. The van der Waals surface area contributed by atoms with Crippen molar-refractivity contribution in [2.75, 3.05) is 6.54 Å². The molecule has 1 aromatic carbocycles. The zero-order chi connectivity index (χ0) is 15.7. The lowest BCUT2D eigenvalue weighted by atomic mass is 10.0. The largest absolute Gasteiger partial charge is 0.544 e. The Labute approximate surface area is 126 Å². The minimum absolute atomic E-state index is 0.204. The molecule has 0 spiro atoms. The third kappa shape index (κ3) is 6.94. The van der Waals surface area contributed by atoms with Gasteiger partial charge in [-0.3, -0.25) is 0 Å². The third-order valence-corrected chi connectivity index (χ3v) is 3.13. The number of unbranched alkanes of at least 4 members (excludes halogenated alkanes) is 1. The zero-order valence-electron chi connectivity index (χ0n) is 12.6. The predicted octanol–water partition coefficient (Wildman–Crippen LogP) is -0.534. The normalized spacial score (nSPS) is 14.6. The number of aliphatic carboxylic acids is 1. The van der Waals surface area contributed by atoms with Crippen molar-refractivity contribution in [2.24, 2.45) is 0 Å². The lowest BCUT2D eigenvalue weighted by molar-refractivity contribution is -0.691. The fourth-order valence-corrected chi connectivity index (χ4v) is 1.93. The Bertz CT molecular complexity index is 500. The van der Waals surface area contributed by atoms with Crippen LogP contribution in [0.3, 0.4) is 0 Å². The van der Waals surface area contributed by atoms with Crippen molar-refractivity contribution in [2.45, 2.75) is 44.8 Å². The summed E-state index contributed by atoms with van der Waals surface area (Å²) in [5.41, 5.74) is -0.265. The first-order valence-corrected chi connectivity index (χ1v) is 7.25. The van der Waals surface area contributed by atoms with Gasteiger partial charge in [0.2, 0.25) is 0 Å². The van der Waals surface area contributed by atoms with Gasteiger partial charge in [-0.1, -0.05) is 43.2 Å². The van der Waals surface area contributed by atoms with Gasteiger partial charge in [0.25, 0.3) is 0 Å². The van der Waals surface area contributed by atoms with Gasteiger partial charge in [0.05, 0.1) is 5.97 Å². The quantitative estimate of drug-likeness (QED) is 0.662. The summed E-state index contributed by atoms with van der Waals surface area (Å²) >= 11 is 0. The molecule has 0 saturated carbocycles. The zero-order valence-corrected chi connectivity index (χ0v) is 12.6.